The summed E-state index contributed by atoms with van der Waals surface area (Å²) in [6.45, 7) is 1.91. The average molecular weight is 383 g/mol. The molecule has 7 nitrogen and oxygen atoms in total. The Morgan fingerprint density at radius 2 is 1.96 bits per heavy atom. The summed E-state index contributed by atoms with van der Waals surface area (Å²) in [6, 6.07) is 5.92. The molecule has 0 radical (unpaired) electrons. The lowest BCUT2D eigenvalue weighted by atomic mass is 10.1. The van der Waals surface area contributed by atoms with Gasteiger partial charge in [-0.05, 0) is 30.5 Å². The van der Waals surface area contributed by atoms with Crippen molar-refractivity contribution >= 4 is 21.7 Å². The van der Waals surface area contributed by atoms with Gasteiger partial charge in [0.2, 0.25) is 0 Å². The quantitative estimate of drug-likeness (QED) is 0.676. The van der Waals surface area contributed by atoms with Crippen molar-refractivity contribution in [1.82, 2.24) is 4.90 Å². The number of ether oxygens (including phenoxy) is 1. The molecule has 0 unspecified atom stereocenters. The van der Waals surface area contributed by atoms with Gasteiger partial charge < -0.3 is 14.7 Å². The molecular formula is C18H25NO6S. The number of sulfone groups is 1. The van der Waals surface area contributed by atoms with E-state index in [9.17, 15) is 18.0 Å². The molecule has 0 aliphatic carbocycles. The minimum atomic E-state index is -3.10. The molecule has 1 aliphatic heterocycles. The second-order valence-corrected chi connectivity index (χ2v) is 8.66. The summed E-state index contributed by atoms with van der Waals surface area (Å²) < 4.78 is 28.5. The molecule has 1 aliphatic rings. The zero-order valence-electron chi connectivity index (χ0n) is 14.9. The normalized spacial score (nSPS) is 18.5. The fraction of sp³-hybridized carbons (Fsp3) is 0.556. The lowest BCUT2D eigenvalue weighted by Gasteiger charge is -2.28. The zero-order valence-corrected chi connectivity index (χ0v) is 15.7. The molecule has 1 amide bonds. The molecule has 0 bridgehead atoms. The second-order valence-electron chi connectivity index (χ2n) is 6.43. The first-order valence-electron chi connectivity index (χ1n) is 8.73. The number of carbonyl (C=O) groups excluding carboxylic acids is 2. The maximum Gasteiger partial charge on any atom is 0.338 e. The lowest BCUT2D eigenvalue weighted by Crippen LogP contribution is -2.43. The molecule has 2 rings (SSSR count). The molecule has 1 aromatic rings. The van der Waals surface area contributed by atoms with E-state index >= 15 is 0 Å². The SMILES string of the molecule is CCCCN(C(=O)COC(=O)c1ccc(CO)cc1)[C@H]1CCS(=O)(=O)C1. The number of hydrogen-bond donors (Lipinski definition) is 1. The Kier molecular flexibility index (Phi) is 7.16. The minimum Gasteiger partial charge on any atom is -0.452 e. The predicted octanol–water partition coefficient (Wildman–Crippen LogP) is 1.15. The Hall–Kier alpha value is -1.93. The van der Waals surface area contributed by atoms with Crippen LogP contribution in [-0.4, -0.2) is 61.0 Å². The Morgan fingerprint density at radius 3 is 2.50 bits per heavy atom. The third-order valence-corrected chi connectivity index (χ3v) is 6.17. The number of unbranched alkanes of at least 4 members (excludes halogenated alkanes) is 1. The van der Waals surface area contributed by atoms with Crippen molar-refractivity contribution in [3.8, 4) is 0 Å². The Morgan fingerprint density at radius 1 is 1.27 bits per heavy atom. The van der Waals surface area contributed by atoms with Crippen LogP contribution in [0.4, 0.5) is 0 Å². The summed E-state index contributed by atoms with van der Waals surface area (Å²) in [5.74, 6) is -0.943. The number of aliphatic hydroxyl groups excluding tert-OH is 1. The lowest BCUT2D eigenvalue weighted by molar-refractivity contribution is -0.136. The van der Waals surface area contributed by atoms with Crippen molar-refractivity contribution < 1.29 is 27.9 Å². The summed E-state index contributed by atoms with van der Waals surface area (Å²) >= 11 is 0. The Bertz CT molecular complexity index is 729. The van der Waals surface area contributed by atoms with E-state index in [1.54, 1.807) is 12.1 Å². The molecule has 1 aromatic carbocycles. The van der Waals surface area contributed by atoms with Crippen LogP contribution < -0.4 is 0 Å². The second kappa shape index (κ2) is 9.14. The third kappa shape index (κ3) is 5.54. The van der Waals surface area contributed by atoms with Crippen LogP contribution in [0.25, 0.3) is 0 Å². The van der Waals surface area contributed by atoms with Crippen LogP contribution in [0, 0.1) is 0 Å². The smallest absolute Gasteiger partial charge is 0.338 e. The van der Waals surface area contributed by atoms with Crippen LogP contribution >= 0.6 is 0 Å². The van der Waals surface area contributed by atoms with Gasteiger partial charge in [0.05, 0.1) is 23.7 Å². The van der Waals surface area contributed by atoms with Gasteiger partial charge in [0.15, 0.2) is 16.4 Å². The summed E-state index contributed by atoms with van der Waals surface area (Å²) in [5, 5.41) is 9.01. The van der Waals surface area contributed by atoms with E-state index in [0.717, 1.165) is 12.8 Å². The van der Waals surface area contributed by atoms with Crippen LogP contribution in [0.15, 0.2) is 24.3 Å². The standard InChI is InChI=1S/C18H25NO6S/c1-2-3-9-19(16-8-10-26(23,24)13-16)17(21)12-25-18(22)15-6-4-14(11-20)5-7-15/h4-7,16,20H,2-3,8-13H2,1H3/t16-/m0/s1. The van der Waals surface area contributed by atoms with Crippen LogP contribution in [0.2, 0.25) is 0 Å². The van der Waals surface area contributed by atoms with E-state index in [2.05, 4.69) is 0 Å². The highest BCUT2D eigenvalue weighted by Gasteiger charge is 2.34. The van der Waals surface area contributed by atoms with Gasteiger partial charge in [-0.2, -0.15) is 0 Å². The van der Waals surface area contributed by atoms with Gasteiger partial charge in [0.25, 0.3) is 5.91 Å². The Balaban J connectivity index is 1.96. The Labute approximate surface area is 153 Å². The van der Waals surface area contributed by atoms with Crippen LogP contribution in [-0.2, 0) is 26.0 Å². The van der Waals surface area contributed by atoms with Gasteiger partial charge >= 0.3 is 5.97 Å². The maximum absolute atomic E-state index is 12.5. The number of aliphatic hydroxyl groups is 1. The number of amides is 1. The fourth-order valence-electron chi connectivity index (χ4n) is 2.90. The molecule has 0 saturated carbocycles. The molecule has 8 heteroatoms. The predicted molar refractivity (Wildman–Crippen MR) is 96.3 cm³/mol. The van der Waals surface area contributed by atoms with Gasteiger partial charge in [0.1, 0.15) is 0 Å². The van der Waals surface area contributed by atoms with Crippen molar-refractivity contribution in [1.29, 1.82) is 0 Å². The molecule has 0 spiro atoms. The summed E-state index contributed by atoms with van der Waals surface area (Å²) in [4.78, 5) is 26.1. The van der Waals surface area contributed by atoms with Gasteiger partial charge in [-0.25, -0.2) is 13.2 Å². The molecule has 26 heavy (non-hydrogen) atoms. The highest BCUT2D eigenvalue weighted by atomic mass is 32.2. The van der Waals surface area contributed by atoms with Crippen molar-refractivity contribution in [3.63, 3.8) is 0 Å². The van der Waals surface area contributed by atoms with Crippen molar-refractivity contribution in [2.75, 3.05) is 24.7 Å². The molecule has 1 atom stereocenters. The van der Waals surface area contributed by atoms with E-state index in [1.165, 1.54) is 17.0 Å². The molecule has 1 N–H and O–H groups in total. The topological polar surface area (TPSA) is 101 Å². The molecule has 1 heterocycles. The summed E-state index contributed by atoms with van der Waals surface area (Å²) in [6.07, 6.45) is 2.06. The first-order chi connectivity index (χ1) is 12.4. The van der Waals surface area contributed by atoms with Crippen molar-refractivity contribution in [2.45, 2.75) is 38.8 Å². The van der Waals surface area contributed by atoms with E-state index < -0.39 is 22.4 Å². The third-order valence-electron chi connectivity index (χ3n) is 4.42. The first kappa shape index (κ1) is 20.4. The van der Waals surface area contributed by atoms with E-state index in [-0.39, 0.29) is 30.1 Å². The molecule has 0 aromatic heterocycles. The van der Waals surface area contributed by atoms with E-state index in [0.29, 0.717) is 24.1 Å². The monoisotopic (exact) mass is 383 g/mol. The van der Waals surface area contributed by atoms with Crippen LogP contribution in [0.5, 0.6) is 0 Å². The number of nitrogens with zero attached hydrogens (tertiary/aromatic N) is 1. The highest BCUT2D eigenvalue weighted by Crippen LogP contribution is 2.19. The maximum atomic E-state index is 12.5. The van der Waals surface area contributed by atoms with Crippen LogP contribution in [0.3, 0.4) is 0 Å². The van der Waals surface area contributed by atoms with Crippen molar-refractivity contribution in [2.24, 2.45) is 0 Å². The highest BCUT2D eigenvalue weighted by molar-refractivity contribution is 7.91. The fourth-order valence-corrected chi connectivity index (χ4v) is 4.63. The number of rotatable bonds is 8. The van der Waals surface area contributed by atoms with Gasteiger partial charge in [0, 0.05) is 12.6 Å². The number of benzene rings is 1. The van der Waals surface area contributed by atoms with E-state index in [4.69, 9.17) is 9.84 Å². The molecular weight excluding hydrogens is 358 g/mol. The molecule has 1 saturated heterocycles. The number of carbonyl (C=O) groups is 2. The largest absolute Gasteiger partial charge is 0.452 e. The average Bonchev–Trinajstić information content (AvgIpc) is 2.99. The summed E-state index contributed by atoms with van der Waals surface area (Å²) in [7, 11) is -3.10. The number of hydrogen-bond acceptors (Lipinski definition) is 6. The van der Waals surface area contributed by atoms with Gasteiger partial charge in [-0.1, -0.05) is 25.5 Å². The van der Waals surface area contributed by atoms with Gasteiger partial charge in [-0.15, -0.1) is 0 Å². The summed E-state index contributed by atoms with van der Waals surface area (Å²) in [5.41, 5.74) is 0.962. The van der Waals surface area contributed by atoms with Gasteiger partial charge in [-0.3, -0.25) is 4.79 Å². The minimum absolute atomic E-state index is 0.0287. The molecule has 1 fully saturated rings. The first-order valence-corrected chi connectivity index (χ1v) is 10.5. The number of esters is 1. The molecule has 144 valence electrons. The van der Waals surface area contributed by atoms with Crippen LogP contribution in [0.1, 0.15) is 42.1 Å². The van der Waals surface area contributed by atoms with Crippen molar-refractivity contribution in [3.05, 3.63) is 35.4 Å². The van der Waals surface area contributed by atoms with E-state index in [1.807, 2.05) is 6.92 Å². The zero-order chi connectivity index (χ0) is 19.2.